The number of carbonyl (C=O) groups is 1. The van der Waals surface area contributed by atoms with Crippen molar-refractivity contribution in [3.8, 4) is 17.6 Å². The van der Waals surface area contributed by atoms with Gasteiger partial charge in [-0.2, -0.15) is 10.5 Å². The van der Waals surface area contributed by atoms with E-state index in [1.807, 2.05) is 18.2 Å². The van der Waals surface area contributed by atoms with Crippen molar-refractivity contribution in [1.82, 2.24) is 20.6 Å². The van der Waals surface area contributed by atoms with Gasteiger partial charge < -0.3 is 20.5 Å². The monoisotopic (exact) mass is 427 g/mol. The van der Waals surface area contributed by atoms with Crippen LogP contribution < -0.4 is 15.4 Å². The fourth-order valence-corrected chi connectivity index (χ4v) is 3.16. The van der Waals surface area contributed by atoms with Crippen LogP contribution in [0.2, 0.25) is 0 Å². The number of nitrogens with one attached hydrogen (secondary N) is 3. The van der Waals surface area contributed by atoms with Crippen molar-refractivity contribution >= 4 is 33.6 Å². The van der Waals surface area contributed by atoms with Crippen molar-refractivity contribution in [3.05, 3.63) is 72.2 Å². The molecule has 0 aliphatic rings. The highest BCUT2D eigenvalue weighted by Gasteiger charge is 2.19. The number of rotatable bonds is 6. The van der Waals surface area contributed by atoms with Crippen LogP contribution >= 0.6 is 0 Å². The molecule has 0 radical (unpaired) electrons. The number of nitriles is 1. The predicted octanol–water partition coefficient (Wildman–Crippen LogP) is 3.30. The average molecular weight is 427 g/mol. The lowest BCUT2D eigenvalue weighted by Crippen LogP contribution is -2.13. The van der Waals surface area contributed by atoms with Crippen molar-refractivity contribution in [3.63, 3.8) is 0 Å². The number of allylic oxidation sites excluding steroid dienone is 1. The summed E-state index contributed by atoms with van der Waals surface area (Å²) in [5, 5.41) is 40.7. The number of anilines is 2. The number of hydrogen-bond donors (Lipinski definition) is 4. The quantitative estimate of drug-likeness (QED) is 0.270. The lowest BCUT2D eigenvalue weighted by molar-refractivity contribution is 0.102. The zero-order valence-electron chi connectivity index (χ0n) is 16.8. The summed E-state index contributed by atoms with van der Waals surface area (Å²) < 4.78 is 5.27. The standard InChI is InChI=1S/C22H17N7O3/c1-32-18-9-5-4-8-17(18)25-22(31)16-10-13-6-2-3-7-15(13)19(20(16)30)24-12-14(11-23)21-26-28-29-27-21/h2-10,12,24,30H,1H3,(H,25,31)(H,26,27,28,29). The summed E-state index contributed by atoms with van der Waals surface area (Å²) in [6.45, 7) is 0. The molecule has 0 spiro atoms. The number of aromatic amines is 1. The number of aromatic nitrogens is 4. The molecule has 0 fully saturated rings. The summed E-state index contributed by atoms with van der Waals surface area (Å²) in [6, 6.07) is 17.7. The van der Waals surface area contributed by atoms with E-state index in [1.54, 1.807) is 42.5 Å². The Balaban J connectivity index is 1.76. The van der Waals surface area contributed by atoms with Gasteiger partial charge in [0.1, 0.15) is 17.4 Å². The zero-order chi connectivity index (χ0) is 22.5. The van der Waals surface area contributed by atoms with Gasteiger partial charge in [-0.05, 0) is 28.8 Å². The second kappa shape index (κ2) is 8.85. The van der Waals surface area contributed by atoms with Crippen LogP contribution in [0.25, 0.3) is 16.3 Å². The van der Waals surface area contributed by atoms with Crippen LogP contribution in [0.4, 0.5) is 11.4 Å². The summed E-state index contributed by atoms with van der Waals surface area (Å²) >= 11 is 0. The van der Waals surface area contributed by atoms with Gasteiger partial charge in [-0.3, -0.25) is 4.79 Å². The Hall–Kier alpha value is -4.91. The first-order chi connectivity index (χ1) is 15.6. The maximum absolute atomic E-state index is 13.0. The molecule has 4 aromatic rings. The molecule has 4 N–H and O–H groups in total. The molecule has 3 aromatic carbocycles. The number of methoxy groups -OCH3 is 1. The molecule has 0 aliphatic carbocycles. The summed E-state index contributed by atoms with van der Waals surface area (Å²) in [6.07, 6.45) is 1.34. The number of amides is 1. The van der Waals surface area contributed by atoms with Crippen molar-refractivity contribution in [2.75, 3.05) is 17.7 Å². The normalized spacial score (nSPS) is 11.1. The first-order valence-corrected chi connectivity index (χ1v) is 9.42. The highest BCUT2D eigenvalue weighted by molar-refractivity contribution is 6.12. The van der Waals surface area contributed by atoms with E-state index in [9.17, 15) is 15.2 Å². The second-order valence-electron chi connectivity index (χ2n) is 6.57. The highest BCUT2D eigenvalue weighted by Crippen LogP contribution is 2.37. The molecular weight excluding hydrogens is 410 g/mol. The van der Waals surface area contributed by atoms with Gasteiger partial charge in [0, 0.05) is 11.6 Å². The molecule has 4 rings (SSSR count). The Kier molecular flexibility index (Phi) is 5.63. The Bertz CT molecular complexity index is 1360. The van der Waals surface area contributed by atoms with Crippen molar-refractivity contribution in [2.24, 2.45) is 0 Å². The number of carbonyl (C=O) groups excluding carboxylic acids is 1. The zero-order valence-corrected chi connectivity index (χ0v) is 16.8. The Morgan fingerprint density at radius 1 is 1.22 bits per heavy atom. The number of nitrogens with zero attached hydrogens (tertiary/aromatic N) is 4. The summed E-state index contributed by atoms with van der Waals surface area (Å²) in [4.78, 5) is 13.0. The van der Waals surface area contributed by atoms with Gasteiger partial charge in [0.15, 0.2) is 5.75 Å². The molecular formula is C22H17N7O3. The lowest BCUT2D eigenvalue weighted by Gasteiger charge is -2.15. The van der Waals surface area contributed by atoms with E-state index in [1.165, 1.54) is 13.3 Å². The number of hydrogen-bond acceptors (Lipinski definition) is 8. The van der Waals surface area contributed by atoms with E-state index in [4.69, 9.17) is 4.74 Å². The fourth-order valence-electron chi connectivity index (χ4n) is 3.16. The fraction of sp³-hybridized carbons (Fsp3) is 0.0455. The molecule has 1 amide bonds. The number of para-hydroxylation sites is 2. The second-order valence-corrected chi connectivity index (χ2v) is 6.57. The molecule has 0 atom stereocenters. The van der Waals surface area contributed by atoms with Crippen molar-refractivity contribution in [2.45, 2.75) is 0 Å². The van der Waals surface area contributed by atoms with Crippen LogP contribution in [0.3, 0.4) is 0 Å². The Morgan fingerprint density at radius 2 is 2.00 bits per heavy atom. The summed E-state index contributed by atoms with van der Waals surface area (Å²) in [7, 11) is 1.50. The van der Waals surface area contributed by atoms with E-state index in [0.29, 0.717) is 22.2 Å². The first-order valence-electron chi connectivity index (χ1n) is 9.42. The number of phenols is 1. The summed E-state index contributed by atoms with van der Waals surface area (Å²) in [5.74, 6) is -0.226. The number of fused-ring (bicyclic) bond motifs is 1. The third kappa shape index (κ3) is 3.90. The summed E-state index contributed by atoms with van der Waals surface area (Å²) in [5.41, 5.74) is 0.852. The minimum atomic E-state index is -0.525. The molecule has 32 heavy (non-hydrogen) atoms. The van der Waals surface area contributed by atoms with Crippen LogP contribution in [-0.4, -0.2) is 38.7 Å². The molecule has 0 saturated carbocycles. The molecule has 1 heterocycles. The minimum Gasteiger partial charge on any atom is -0.505 e. The van der Waals surface area contributed by atoms with Crippen LogP contribution in [-0.2, 0) is 0 Å². The molecule has 0 aliphatic heterocycles. The van der Waals surface area contributed by atoms with E-state index in [-0.39, 0.29) is 28.4 Å². The molecule has 158 valence electrons. The third-order valence-electron chi connectivity index (χ3n) is 4.69. The topological polar surface area (TPSA) is 149 Å². The van der Waals surface area contributed by atoms with E-state index in [0.717, 1.165) is 0 Å². The lowest BCUT2D eigenvalue weighted by atomic mass is 10.0. The third-order valence-corrected chi connectivity index (χ3v) is 4.69. The van der Waals surface area contributed by atoms with Gasteiger partial charge in [0.25, 0.3) is 5.91 Å². The van der Waals surface area contributed by atoms with Crippen molar-refractivity contribution in [1.29, 1.82) is 5.26 Å². The molecule has 0 saturated heterocycles. The smallest absolute Gasteiger partial charge is 0.259 e. The number of aromatic hydroxyl groups is 1. The minimum absolute atomic E-state index is 0.0450. The van der Waals surface area contributed by atoms with Crippen molar-refractivity contribution < 1.29 is 14.6 Å². The number of H-pyrrole nitrogens is 1. The van der Waals surface area contributed by atoms with Crippen LogP contribution in [0.1, 0.15) is 16.2 Å². The number of ether oxygens (including phenoxy) is 1. The SMILES string of the molecule is COc1ccccc1NC(=O)c1cc2ccccc2c(NC=C(C#N)c2nn[nH]n2)c1O. The first kappa shape index (κ1) is 20.4. The predicted molar refractivity (Wildman–Crippen MR) is 118 cm³/mol. The number of benzene rings is 3. The van der Waals surface area contributed by atoms with Gasteiger partial charge in [0.2, 0.25) is 5.82 Å². The van der Waals surface area contributed by atoms with Crippen LogP contribution in [0.5, 0.6) is 11.5 Å². The molecule has 10 nitrogen and oxygen atoms in total. The molecule has 1 aromatic heterocycles. The molecule has 0 unspecified atom stereocenters. The largest absolute Gasteiger partial charge is 0.505 e. The van der Waals surface area contributed by atoms with Gasteiger partial charge in [0.05, 0.1) is 24.0 Å². The van der Waals surface area contributed by atoms with E-state index < -0.39 is 5.91 Å². The average Bonchev–Trinajstić information content (AvgIpc) is 3.35. The molecule has 0 bridgehead atoms. The maximum Gasteiger partial charge on any atom is 0.259 e. The Morgan fingerprint density at radius 3 is 2.75 bits per heavy atom. The van der Waals surface area contributed by atoms with E-state index >= 15 is 0 Å². The van der Waals surface area contributed by atoms with E-state index in [2.05, 4.69) is 31.3 Å². The van der Waals surface area contributed by atoms with Gasteiger partial charge >= 0.3 is 0 Å². The molecule has 10 heteroatoms. The van der Waals surface area contributed by atoms with Gasteiger partial charge in [-0.1, -0.05) is 36.4 Å². The van der Waals surface area contributed by atoms with Crippen LogP contribution in [0, 0.1) is 11.3 Å². The Labute approximate surface area is 182 Å². The highest BCUT2D eigenvalue weighted by atomic mass is 16.5. The number of tetrazole rings is 1. The van der Waals surface area contributed by atoms with Gasteiger partial charge in [-0.15, -0.1) is 10.2 Å². The maximum atomic E-state index is 13.0. The number of phenolic OH excluding ortho intramolecular Hbond substituents is 1. The van der Waals surface area contributed by atoms with Gasteiger partial charge in [-0.25, -0.2) is 0 Å². The van der Waals surface area contributed by atoms with Crippen LogP contribution in [0.15, 0.2) is 60.8 Å².